The van der Waals surface area contributed by atoms with Crippen molar-refractivity contribution in [1.29, 1.82) is 0 Å². The number of allylic oxidation sites excluding steroid dienone is 3. The van der Waals surface area contributed by atoms with Gasteiger partial charge >= 0.3 is 6.18 Å². The summed E-state index contributed by atoms with van der Waals surface area (Å²) in [5.41, 5.74) is 0.689. The lowest BCUT2D eigenvalue weighted by Gasteiger charge is -2.39. The van der Waals surface area contributed by atoms with E-state index < -0.39 is 29.7 Å². The molecule has 0 N–H and O–H groups in total. The zero-order valence-electron chi connectivity index (χ0n) is 20.5. The molecule has 0 aromatic carbocycles. The SMILES string of the molecule is C=C/C(F)=C(\C(=C)C)N1CCN(c2c(C)c3nccnc3n(Cc3ncccc3C(F)(F)F)c2=O)CC1. The molecule has 37 heavy (non-hydrogen) atoms. The van der Waals surface area contributed by atoms with Crippen LogP contribution in [0.25, 0.3) is 11.2 Å². The van der Waals surface area contributed by atoms with Crippen LogP contribution in [0.2, 0.25) is 0 Å². The van der Waals surface area contributed by atoms with Gasteiger partial charge in [0.25, 0.3) is 5.56 Å². The first-order valence-corrected chi connectivity index (χ1v) is 11.6. The van der Waals surface area contributed by atoms with E-state index in [1.54, 1.807) is 13.8 Å². The molecule has 1 fully saturated rings. The second kappa shape index (κ2) is 10.2. The number of halogens is 4. The highest BCUT2D eigenvalue weighted by atomic mass is 19.4. The average molecular weight is 515 g/mol. The minimum Gasteiger partial charge on any atom is -0.365 e. The highest BCUT2D eigenvalue weighted by Gasteiger charge is 2.34. The van der Waals surface area contributed by atoms with E-state index in [0.717, 1.165) is 12.1 Å². The van der Waals surface area contributed by atoms with Gasteiger partial charge in [0.2, 0.25) is 0 Å². The molecule has 7 nitrogen and oxygen atoms in total. The van der Waals surface area contributed by atoms with Crippen LogP contribution in [0.15, 0.2) is 71.8 Å². The fourth-order valence-electron chi connectivity index (χ4n) is 4.66. The van der Waals surface area contributed by atoms with Crippen molar-refractivity contribution in [1.82, 2.24) is 24.4 Å². The number of fused-ring (bicyclic) bond motifs is 1. The quantitative estimate of drug-likeness (QED) is 0.353. The number of hydrogen-bond acceptors (Lipinski definition) is 6. The van der Waals surface area contributed by atoms with Gasteiger partial charge < -0.3 is 9.80 Å². The van der Waals surface area contributed by atoms with Gasteiger partial charge in [-0.05, 0) is 37.6 Å². The van der Waals surface area contributed by atoms with Gasteiger partial charge in [-0.25, -0.2) is 9.37 Å². The second-order valence-corrected chi connectivity index (χ2v) is 8.74. The van der Waals surface area contributed by atoms with Gasteiger partial charge in [-0.1, -0.05) is 13.2 Å². The Morgan fingerprint density at radius 1 is 1.11 bits per heavy atom. The molecular weight excluding hydrogens is 488 g/mol. The first-order chi connectivity index (χ1) is 17.5. The molecule has 0 atom stereocenters. The first kappa shape index (κ1) is 26.1. The first-order valence-electron chi connectivity index (χ1n) is 11.6. The summed E-state index contributed by atoms with van der Waals surface area (Å²) in [4.78, 5) is 30.0. The number of rotatable bonds is 6. The molecule has 1 aliphatic heterocycles. The lowest BCUT2D eigenvalue weighted by atomic mass is 10.1. The molecule has 0 saturated carbocycles. The molecule has 0 aliphatic carbocycles. The molecule has 4 rings (SSSR count). The number of hydrogen-bond donors (Lipinski definition) is 0. The predicted octanol–water partition coefficient (Wildman–Crippen LogP) is 4.63. The van der Waals surface area contributed by atoms with E-state index in [1.165, 1.54) is 29.2 Å². The molecule has 1 saturated heterocycles. The number of aryl methyl sites for hydroxylation is 1. The predicted molar refractivity (Wildman–Crippen MR) is 134 cm³/mol. The van der Waals surface area contributed by atoms with Crippen molar-refractivity contribution in [2.75, 3.05) is 31.1 Å². The molecule has 0 amide bonds. The standard InChI is InChI=1S/C26H26F4N6O/c1-5-19(27)22(16(2)3)34-11-13-35(14-12-34)23-17(4)21-24(33-10-9-32-21)36(25(23)37)15-20-18(26(28,29)30)7-6-8-31-20/h5-10H,1-2,11-15H2,3-4H3/b22-19-. The van der Waals surface area contributed by atoms with E-state index >= 15 is 0 Å². The van der Waals surface area contributed by atoms with Gasteiger partial charge in [-0.3, -0.25) is 19.3 Å². The average Bonchev–Trinajstić information content (AvgIpc) is 2.87. The molecule has 0 bridgehead atoms. The van der Waals surface area contributed by atoms with E-state index in [0.29, 0.717) is 54.2 Å². The number of aromatic nitrogens is 4. The van der Waals surface area contributed by atoms with Gasteiger partial charge in [0.15, 0.2) is 5.65 Å². The van der Waals surface area contributed by atoms with Crippen molar-refractivity contribution in [3.8, 4) is 0 Å². The van der Waals surface area contributed by atoms with E-state index in [1.807, 2.05) is 9.80 Å². The summed E-state index contributed by atoms with van der Waals surface area (Å²) >= 11 is 0. The number of pyridine rings is 2. The Balaban J connectivity index is 1.77. The molecule has 194 valence electrons. The van der Waals surface area contributed by atoms with Crippen molar-refractivity contribution in [3.63, 3.8) is 0 Å². The third-order valence-electron chi connectivity index (χ3n) is 6.32. The normalized spacial score (nSPS) is 15.1. The second-order valence-electron chi connectivity index (χ2n) is 8.74. The summed E-state index contributed by atoms with van der Waals surface area (Å²) in [6.45, 7) is 11.9. The van der Waals surface area contributed by atoms with Crippen molar-refractivity contribution in [3.05, 3.63) is 94.2 Å². The maximum absolute atomic E-state index is 14.4. The summed E-state index contributed by atoms with van der Waals surface area (Å²) in [6, 6.07) is 2.14. The van der Waals surface area contributed by atoms with E-state index in [2.05, 4.69) is 28.1 Å². The van der Waals surface area contributed by atoms with Crippen LogP contribution in [0.4, 0.5) is 23.2 Å². The maximum atomic E-state index is 14.4. The Bertz CT molecular complexity index is 1450. The van der Waals surface area contributed by atoms with Crippen LogP contribution in [0.5, 0.6) is 0 Å². The van der Waals surface area contributed by atoms with E-state index in [9.17, 15) is 22.4 Å². The number of alkyl halides is 3. The summed E-state index contributed by atoms with van der Waals surface area (Å²) in [5.74, 6) is -0.476. The van der Waals surface area contributed by atoms with Crippen molar-refractivity contribution in [2.45, 2.75) is 26.6 Å². The van der Waals surface area contributed by atoms with Gasteiger partial charge in [0.05, 0.1) is 23.5 Å². The van der Waals surface area contributed by atoms with Gasteiger partial charge in [-0.15, -0.1) is 0 Å². The summed E-state index contributed by atoms with van der Waals surface area (Å²) in [7, 11) is 0. The Hall–Kier alpha value is -4.02. The number of piperazine rings is 1. The topological polar surface area (TPSA) is 67.2 Å². The van der Waals surface area contributed by atoms with Crippen LogP contribution in [0.3, 0.4) is 0 Å². The Morgan fingerprint density at radius 2 is 1.78 bits per heavy atom. The van der Waals surface area contributed by atoms with Crippen molar-refractivity contribution in [2.24, 2.45) is 0 Å². The van der Waals surface area contributed by atoms with Crippen LogP contribution >= 0.6 is 0 Å². The number of anilines is 1. The van der Waals surface area contributed by atoms with Crippen LogP contribution in [-0.2, 0) is 12.7 Å². The minimum atomic E-state index is -4.63. The summed E-state index contributed by atoms with van der Waals surface area (Å²) in [6.07, 6.45) is 0.614. The molecule has 11 heteroatoms. The molecule has 3 aromatic rings. The van der Waals surface area contributed by atoms with Crippen LogP contribution in [0, 0.1) is 6.92 Å². The third-order valence-corrected chi connectivity index (χ3v) is 6.32. The largest absolute Gasteiger partial charge is 0.418 e. The molecule has 0 radical (unpaired) electrons. The summed E-state index contributed by atoms with van der Waals surface area (Å²) in [5, 5.41) is 0. The zero-order valence-corrected chi connectivity index (χ0v) is 20.5. The Labute approximate surface area is 211 Å². The van der Waals surface area contributed by atoms with E-state index in [4.69, 9.17) is 0 Å². The fourth-order valence-corrected chi connectivity index (χ4v) is 4.66. The van der Waals surface area contributed by atoms with Gasteiger partial charge in [0, 0.05) is 50.3 Å². The lowest BCUT2D eigenvalue weighted by molar-refractivity contribution is -0.138. The zero-order chi connectivity index (χ0) is 26.9. The molecule has 0 unspecified atom stereocenters. The molecule has 1 aliphatic rings. The molecular formula is C26H26F4N6O. The summed E-state index contributed by atoms with van der Waals surface area (Å²) < 4.78 is 56.5. The van der Waals surface area contributed by atoms with Crippen LogP contribution < -0.4 is 10.5 Å². The third kappa shape index (κ3) is 4.98. The van der Waals surface area contributed by atoms with Crippen LogP contribution in [0.1, 0.15) is 23.7 Å². The minimum absolute atomic E-state index is 0.173. The van der Waals surface area contributed by atoms with Crippen molar-refractivity contribution >= 4 is 16.9 Å². The van der Waals surface area contributed by atoms with Gasteiger partial charge in [-0.2, -0.15) is 13.2 Å². The van der Waals surface area contributed by atoms with Crippen molar-refractivity contribution < 1.29 is 17.6 Å². The smallest absolute Gasteiger partial charge is 0.365 e. The number of nitrogens with zero attached hydrogens (tertiary/aromatic N) is 6. The van der Waals surface area contributed by atoms with Crippen LogP contribution in [-0.4, -0.2) is 50.6 Å². The maximum Gasteiger partial charge on any atom is 0.418 e. The van der Waals surface area contributed by atoms with E-state index in [-0.39, 0.29) is 11.3 Å². The highest BCUT2D eigenvalue weighted by Crippen LogP contribution is 2.32. The Kier molecular flexibility index (Phi) is 7.15. The lowest BCUT2D eigenvalue weighted by Crippen LogP contribution is -2.48. The molecule has 3 aromatic heterocycles. The molecule has 4 heterocycles. The fraction of sp³-hybridized carbons (Fsp3) is 0.308. The molecule has 0 spiro atoms. The van der Waals surface area contributed by atoms with Gasteiger partial charge in [0.1, 0.15) is 17.0 Å². The Morgan fingerprint density at radius 3 is 2.41 bits per heavy atom. The monoisotopic (exact) mass is 514 g/mol. The highest BCUT2D eigenvalue weighted by molar-refractivity contribution is 5.80.